The maximum absolute atomic E-state index is 12.0. The first kappa shape index (κ1) is 13.3. The number of fused-ring (bicyclic) bond motifs is 1. The van der Waals surface area contributed by atoms with Crippen LogP contribution in [0.3, 0.4) is 0 Å². The van der Waals surface area contributed by atoms with Crippen molar-refractivity contribution in [2.45, 2.75) is 26.3 Å². The van der Waals surface area contributed by atoms with Crippen molar-refractivity contribution in [3.05, 3.63) is 45.2 Å². The van der Waals surface area contributed by atoms with Gasteiger partial charge in [0.05, 0.1) is 6.04 Å². The van der Waals surface area contributed by atoms with Crippen molar-refractivity contribution in [2.24, 2.45) is 11.5 Å². The quantitative estimate of drug-likeness (QED) is 0.748. The molecule has 0 aliphatic rings. The molecule has 19 heavy (non-hydrogen) atoms. The maximum atomic E-state index is 12.0. The van der Waals surface area contributed by atoms with E-state index in [-0.39, 0.29) is 12.0 Å². The molecule has 100 valence electrons. The van der Waals surface area contributed by atoms with Crippen molar-refractivity contribution < 1.29 is 4.79 Å². The number of aryl methyl sites for hydroxylation is 2. The fraction of sp³-hybridized carbons (Fsp3) is 0.286. The number of rotatable bonds is 3. The number of nitrogens with one attached hydrogen (secondary N) is 1. The summed E-state index contributed by atoms with van der Waals surface area (Å²) < 4.78 is 0. The predicted octanol–water partition coefficient (Wildman–Crippen LogP) is 0.500. The Morgan fingerprint density at radius 3 is 2.68 bits per heavy atom. The number of hydrogen-bond donors (Lipinski definition) is 3. The summed E-state index contributed by atoms with van der Waals surface area (Å²) in [6.07, 6.45) is 0.153. The molecule has 0 saturated heterocycles. The summed E-state index contributed by atoms with van der Waals surface area (Å²) in [5, 5.41) is 0.964. The zero-order valence-corrected chi connectivity index (χ0v) is 11.0. The molecule has 0 radical (unpaired) electrons. The van der Waals surface area contributed by atoms with Crippen LogP contribution in [0.25, 0.3) is 10.9 Å². The number of carbonyl (C=O) groups excluding carboxylic acids is 1. The van der Waals surface area contributed by atoms with Crippen molar-refractivity contribution in [3.63, 3.8) is 0 Å². The topological polar surface area (TPSA) is 102 Å². The molecule has 5 nitrogen and oxygen atoms in total. The molecule has 0 saturated carbocycles. The van der Waals surface area contributed by atoms with Gasteiger partial charge in [-0.1, -0.05) is 11.6 Å². The first-order valence-electron chi connectivity index (χ1n) is 6.07. The molecule has 0 fully saturated rings. The highest BCUT2D eigenvalue weighted by atomic mass is 16.1. The number of carbonyl (C=O) groups is 1. The molecule has 5 N–H and O–H groups in total. The Balaban J connectivity index is 2.61. The van der Waals surface area contributed by atoms with Crippen LogP contribution in [0.5, 0.6) is 0 Å². The molecule has 0 aliphatic carbocycles. The highest BCUT2D eigenvalue weighted by Crippen LogP contribution is 2.19. The van der Waals surface area contributed by atoms with E-state index in [0.717, 1.165) is 22.0 Å². The summed E-state index contributed by atoms with van der Waals surface area (Å²) in [6.45, 7) is 3.85. The molecule has 0 spiro atoms. The van der Waals surface area contributed by atoms with Crippen molar-refractivity contribution >= 4 is 16.8 Å². The minimum absolute atomic E-state index is 0.153. The van der Waals surface area contributed by atoms with Gasteiger partial charge >= 0.3 is 0 Å². The van der Waals surface area contributed by atoms with E-state index in [1.807, 2.05) is 32.0 Å². The van der Waals surface area contributed by atoms with E-state index in [4.69, 9.17) is 11.5 Å². The van der Waals surface area contributed by atoms with Crippen LogP contribution in [-0.2, 0) is 11.2 Å². The minimum atomic E-state index is -0.845. The number of amides is 1. The summed E-state index contributed by atoms with van der Waals surface area (Å²) in [6, 6.07) is 4.96. The van der Waals surface area contributed by atoms with E-state index in [1.54, 1.807) is 0 Å². The van der Waals surface area contributed by atoms with Crippen LogP contribution < -0.4 is 17.0 Å². The number of aromatic nitrogens is 1. The van der Waals surface area contributed by atoms with Gasteiger partial charge in [-0.2, -0.15) is 0 Å². The molecule has 1 atom stereocenters. The lowest BCUT2D eigenvalue weighted by Crippen LogP contribution is -2.39. The number of hydrogen-bond acceptors (Lipinski definition) is 3. The number of aromatic amines is 1. The van der Waals surface area contributed by atoms with Crippen molar-refractivity contribution in [3.8, 4) is 0 Å². The minimum Gasteiger partial charge on any atom is -0.368 e. The number of benzene rings is 1. The third kappa shape index (κ3) is 2.51. The number of H-pyrrole nitrogens is 1. The zero-order chi connectivity index (χ0) is 14.2. The predicted molar refractivity (Wildman–Crippen MR) is 74.9 cm³/mol. The summed E-state index contributed by atoms with van der Waals surface area (Å²) in [5.41, 5.74) is 13.8. The van der Waals surface area contributed by atoms with Gasteiger partial charge in [-0.3, -0.25) is 9.59 Å². The first-order chi connectivity index (χ1) is 8.90. The molecule has 0 aliphatic heterocycles. The first-order valence-corrected chi connectivity index (χ1v) is 6.07. The average molecular weight is 259 g/mol. The third-order valence-electron chi connectivity index (χ3n) is 3.34. The normalized spacial score (nSPS) is 12.6. The number of pyridine rings is 1. The van der Waals surface area contributed by atoms with E-state index in [0.29, 0.717) is 5.56 Å². The molecule has 1 amide bonds. The van der Waals surface area contributed by atoms with Gasteiger partial charge in [-0.25, -0.2) is 0 Å². The van der Waals surface area contributed by atoms with Gasteiger partial charge in [-0.05, 0) is 31.5 Å². The summed E-state index contributed by atoms with van der Waals surface area (Å²) in [5.74, 6) is -0.608. The van der Waals surface area contributed by atoms with Crippen LogP contribution in [0.15, 0.2) is 23.0 Å². The van der Waals surface area contributed by atoms with Gasteiger partial charge in [0, 0.05) is 22.9 Å². The van der Waals surface area contributed by atoms with Crippen molar-refractivity contribution in [1.82, 2.24) is 4.98 Å². The standard InChI is InChI=1S/C14H17N3O2/c1-7-3-4-12-9(5-7)8(2)10(14(19)17-12)6-11(15)13(16)18/h3-5,11H,6,15H2,1-2H3,(H2,16,18)(H,17,19)/t11-/m0/s1. The molecule has 1 aromatic heterocycles. The van der Waals surface area contributed by atoms with E-state index >= 15 is 0 Å². The number of nitrogens with two attached hydrogens (primary N) is 2. The van der Waals surface area contributed by atoms with Crippen LogP contribution in [0.4, 0.5) is 0 Å². The second-order valence-electron chi connectivity index (χ2n) is 4.82. The fourth-order valence-electron chi connectivity index (χ4n) is 2.17. The van der Waals surface area contributed by atoms with E-state index in [2.05, 4.69) is 4.98 Å². The van der Waals surface area contributed by atoms with Crippen molar-refractivity contribution in [2.75, 3.05) is 0 Å². The Morgan fingerprint density at radius 1 is 1.37 bits per heavy atom. The van der Waals surface area contributed by atoms with Crippen LogP contribution in [-0.4, -0.2) is 16.9 Å². The maximum Gasteiger partial charge on any atom is 0.251 e. The summed E-state index contributed by atoms with van der Waals surface area (Å²) in [4.78, 5) is 25.9. The third-order valence-corrected chi connectivity index (χ3v) is 3.34. The molecule has 2 aromatic rings. The molecule has 0 unspecified atom stereocenters. The Labute approximate surface area is 110 Å². The Morgan fingerprint density at radius 2 is 2.05 bits per heavy atom. The molecule has 1 heterocycles. The molecule has 0 bridgehead atoms. The second-order valence-corrected chi connectivity index (χ2v) is 4.82. The van der Waals surface area contributed by atoms with Gasteiger partial charge in [0.2, 0.25) is 5.91 Å². The van der Waals surface area contributed by atoms with Crippen LogP contribution in [0.2, 0.25) is 0 Å². The van der Waals surface area contributed by atoms with Gasteiger partial charge in [0.25, 0.3) is 5.56 Å². The van der Waals surface area contributed by atoms with Crippen molar-refractivity contribution in [1.29, 1.82) is 0 Å². The van der Waals surface area contributed by atoms with Gasteiger partial charge in [-0.15, -0.1) is 0 Å². The lowest BCUT2D eigenvalue weighted by molar-refractivity contribution is -0.119. The van der Waals surface area contributed by atoms with Gasteiger partial charge in [0.15, 0.2) is 0 Å². The molecular weight excluding hydrogens is 242 g/mol. The van der Waals surface area contributed by atoms with Gasteiger partial charge in [0.1, 0.15) is 0 Å². The van der Waals surface area contributed by atoms with Crippen LogP contribution >= 0.6 is 0 Å². The van der Waals surface area contributed by atoms with E-state index in [9.17, 15) is 9.59 Å². The zero-order valence-electron chi connectivity index (χ0n) is 11.0. The lowest BCUT2D eigenvalue weighted by atomic mass is 9.98. The van der Waals surface area contributed by atoms with Crippen LogP contribution in [0, 0.1) is 13.8 Å². The van der Waals surface area contributed by atoms with Crippen LogP contribution in [0.1, 0.15) is 16.7 Å². The molecule has 1 aromatic carbocycles. The van der Waals surface area contributed by atoms with E-state index in [1.165, 1.54) is 0 Å². The van der Waals surface area contributed by atoms with Gasteiger partial charge < -0.3 is 16.5 Å². The highest BCUT2D eigenvalue weighted by molar-refractivity contribution is 5.84. The smallest absolute Gasteiger partial charge is 0.251 e. The van der Waals surface area contributed by atoms with E-state index < -0.39 is 11.9 Å². The Bertz CT molecular complexity index is 704. The average Bonchev–Trinajstić information content (AvgIpc) is 2.35. The SMILES string of the molecule is Cc1ccc2[nH]c(=O)c(C[C@H](N)C(N)=O)c(C)c2c1. The lowest BCUT2D eigenvalue weighted by Gasteiger charge is -2.12. The second kappa shape index (κ2) is 4.85. The summed E-state index contributed by atoms with van der Waals surface area (Å²) in [7, 11) is 0. The Kier molecular flexibility index (Phi) is 3.40. The molecule has 5 heteroatoms. The summed E-state index contributed by atoms with van der Waals surface area (Å²) >= 11 is 0. The molecule has 2 rings (SSSR count). The fourth-order valence-corrected chi connectivity index (χ4v) is 2.17. The largest absolute Gasteiger partial charge is 0.368 e. The molecular formula is C14H17N3O2. The Hall–Kier alpha value is -2.14. The monoisotopic (exact) mass is 259 g/mol. The highest BCUT2D eigenvalue weighted by Gasteiger charge is 2.16. The number of primary amides is 1.